The van der Waals surface area contributed by atoms with E-state index in [0.717, 1.165) is 56.3 Å². The molecule has 540 valence electrons. The topological polar surface area (TPSA) is 27.7 Å². The highest BCUT2D eigenvalue weighted by atomic mass is 16.5. The van der Waals surface area contributed by atoms with Crippen LogP contribution < -0.4 is 14.2 Å². The van der Waals surface area contributed by atoms with Gasteiger partial charge in [-0.05, 0) is 299 Å². The van der Waals surface area contributed by atoms with Gasteiger partial charge in [-0.25, -0.2) is 0 Å². The molecule has 0 saturated carbocycles. The normalized spacial score (nSPS) is 11.9. The van der Waals surface area contributed by atoms with Crippen LogP contribution in [0.15, 0.2) is 309 Å². The van der Waals surface area contributed by atoms with Gasteiger partial charge in [-0.15, -0.1) is 0 Å². The minimum atomic E-state index is 0.786. The highest BCUT2D eigenvalue weighted by Crippen LogP contribution is 2.50. The number of hydrogen-bond donors (Lipinski definition) is 0. The van der Waals surface area contributed by atoms with Gasteiger partial charge in [0.05, 0.1) is 19.8 Å². The molecule has 21 aromatic rings. The molecular weight excluding hydrogens is 1350 g/mol. The van der Waals surface area contributed by atoms with Crippen molar-refractivity contribution in [3.8, 4) is 50.6 Å². The van der Waals surface area contributed by atoms with Crippen LogP contribution in [0.25, 0.3) is 195 Å². The standard InChI is InChI=1S/3C36H30O/c1-2-3-4-9-20-37-29-17-14-24(15-18-29)33-23-28-22-25-10-5-7-12-30(25)32-19-16-27-21-26-11-6-8-13-31(26)36(33)35(27)34(28)32;1-2-3-4-9-20-37-28-16-14-24(15-17-28)33-23-27-21-25-10-5-7-12-29(25)31-18-19-32-30-13-8-6-11-26(30)22-34(33)36(32)35(27)31;1-2-3-4-9-21-37-27-19-17-24(18-20-27)33-23-26-22-25-11-5-6-12-28(25)35-30-14-8-7-13-29(30)31-15-10-16-32(33)36(31)34(26)35/h2*5-8,10-19,21-23H,2-4,9,20H2,1H3;5-8,10-20,22-23H,2-4,9,21H2,1H3. The zero-order valence-electron chi connectivity index (χ0n) is 63.8. The van der Waals surface area contributed by atoms with Gasteiger partial charge in [0.2, 0.25) is 0 Å². The summed E-state index contributed by atoms with van der Waals surface area (Å²) in [6.07, 6.45) is 14.6. The maximum Gasteiger partial charge on any atom is 0.119 e. The van der Waals surface area contributed by atoms with Crippen LogP contribution in [-0.2, 0) is 0 Å². The minimum Gasteiger partial charge on any atom is -0.494 e. The fourth-order valence-electron chi connectivity index (χ4n) is 18.3. The van der Waals surface area contributed by atoms with E-state index in [1.54, 1.807) is 0 Å². The third-order valence-electron chi connectivity index (χ3n) is 23.7. The number of unbranched alkanes of at least 4 members (excludes halogenated alkanes) is 9. The molecule has 0 unspecified atom stereocenters. The van der Waals surface area contributed by atoms with E-state index in [-0.39, 0.29) is 0 Å². The lowest BCUT2D eigenvalue weighted by atomic mass is 9.84. The van der Waals surface area contributed by atoms with Crippen molar-refractivity contribution in [1.82, 2.24) is 0 Å². The van der Waals surface area contributed by atoms with Crippen molar-refractivity contribution in [2.24, 2.45) is 0 Å². The molecule has 0 atom stereocenters. The van der Waals surface area contributed by atoms with Crippen LogP contribution >= 0.6 is 0 Å². The fraction of sp³-hybridized carbons (Fsp3) is 0.167. The van der Waals surface area contributed by atoms with Crippen LogP contribution in [0.1, 0.15) is 97.8 Å². The zero-order chi connectivity index (χ0) is 74.3. The van der Waals surface area contributed by atoms with Gasteiger partial charge < -0.3 is 14.2 Å². The van der Waals surface area contributed by atoms with Crippen LogP contribution in [0, 0.1) is 0 Å². The molecule has 0 heterocycles. The fourth-order valence-corrected chi connectivity index (χ4v) is 18.3. The highest BCUT2D eigenvalue weighted by Gasteiger charge is 2.23. The maximum atomic E-state index is 6.05. The highest BCUT2D eigenvalue weighted by molar-refractivity contribution is 6.41. The monoisotopic (exact) mass is 1430 g/mol. The van der Waals surface area contributed by atoms with Crippen molar-refractivity contribution in [3.05, 3.63) is 309 Å². The molecule has 0 bridgehead atoms. The van der Waals surface area contributed by atoms with Gasteiger partial charge in [0.25, 0.3) is 0 Å². The first-order chi connectivity index (χ1) is 55.0. The van der Waals surface area contributed by atoms with Gasteiger partial charge in [0, 0.05) is 0 Å². The molecular formula is C108H90O3. The molecule has 21 rings (SSSR count). The van der Waals surface area contributed by atoms with Crippen molar-refractivity contribution in [2.75, 3.05) is 19.8 Å². The first-order valence-corrected chi connectivity index (χ1v) is 40.7. The Kier molecular flexibility index (Phi) is 18.9. The molecule has 0 amide bonds. The molecule has 0 N–H and O–H groups in total. The Morgan fingerprint density at radius 2 is 0.477 bits per heavy atom. The summed E-state index contributed by atoms with van der Waals surface area (Å²) in [7, 11) is 0. The minimum absolute atomic E-state index is 0.786. The maximum absolute atomic E-state index is 6.05. The smallest absolute Gasteiger partial charge is 0.119 e. The molecule has 0 fully saturated rings. The first kappa shape index (κ1) is 69.2. The van der Waals surface area contributed by atoms with Crippen molar-refractivity contribution in [2.45, 2.75) is 97.8 Å². The second kappa shape index (κ2) is 30.3. The Morgan fingerprint density at radius 3 is 0.964 bits per heavy atom. The van der Waals surface area contributed by atoms with Gasteiger partial charge in [-0.3, -0.25) is 0 Å². The number of rotatable bonds is 21. The molecule has 0 radical (unpaired) electrons. The molecule has 3 heteroatoms. The Balaban J connectivity index is 0.000000112. The summed E-state index contributed by atoms with van der Waals surface area (Å²) in [4.78, 5) is 0. The molecule has 111 heavy (non-hydrogen) atoms. The predicted molar refractivity (Wildman–Crippen MR) is 481 cm³/mol. The van der Waals surface area contributed by atoms with E-state index in [2.05, 4.69) is 330 Å². The van der Waals surface area contributed by atoms with Crippen molar-refractivity contribution >= 4 is 162 Å². The Morgan fingerprint density at radius 1 is 0.171 bits per heavy atom. The van der Waals surface area contributed by atoms with Gasteiger partial charge in [-0.1, -0.05) is 303 Å². The number of hydrogen-bond acceptors (Lipinski definition) is 3. The molecule has 0 aromatic heterocycles. The van der Waals surface area contributed by atoms with Crippen LogP contribution in [0.5, 0.6) is 17.2 Å². The number of ether oxygens (including phenoxy) is 3. The summed E-state index contributed by atoms with van der Waals surface area (Å²) in [5.41, 5.74) is 7.52. The van der Waals surface area contributed by atoms with Gasteiger partial charge >= 0.3 is 0 Å². The average molecular weight is 1440 g/mol. The van der Waals surface area contributed by atoms with E-state index < -0.39 is 0 Å². The number of fused-ring (bicyclic) bond motifs is 13. The van der Waals surface area contributed by atoms with Crippen LogP contribution in [0.4, 0.5) is 0 Å². The summed E-state index contributed by atoms with van der Waals surface area (Å²) in [5.74, 6) is 2.86. The largest absolute Gasteiger partial charge is 0.494 e. The predicted octanol–water partition coefficient (Wildman–Crippen LogP) is 31.5. The molecule has 0 saturated heterocycles. The van der Waals surface area contributed by atoms with Crippen LogP contribution in [0.2, 0.25) is 0 Å². The molecule has 3 nitrogen and oxygen atoms in total. The lowest BCUT2D eigenvalue weighted by Gasteiger charge is -2.19. The Hall–Kier alpha value is -12.3. The molecule has 0 spiro atoms. The summed E-state index contributed by atoms with van der Waals surface area (Å²) >= 11 is 0. The third kappa shape index (κ3) is 12.8. The lowest BCUT2D eigenvalue weighted by Crippen LogP contribution is -1.97. The number of benzene rings is 21. The zero-order valence-corrected chi connectivity index (χ0v) is 63.8. The van der Waals surface area contributed by atoms with Gasteiger partial charge in [0.1, 0.15) is 17.2 Å². The van der Waals surface area contributed by atoms with Gasteiger partial charge in [0.15, 0.2) is 0 Å². The lowest BCUT2D eigenvalue weighted by molar-refractivity contribution is 0.305. The Bertz CT molecular complexity index is 6880. The second-order valence-electron chi connectivity index (χ2n) is 30.7. The Labute approximate surface area is 649 Å². The van der Waals surface area contributed by atoms with E-state index in [0.29, 0.717) is 0 Å². The average Bonchev–Trinajstić information content (AvgIpc) is 0.698. The summed E-state index contributed by atoms with van der Waals surface area (Å²) in [6.45, 7) is 9.08. The van der Waals surface area contributed by atoms with E-state index >= 15 is 0 Å². The van der Waals surface area contributed by atoms with E-state index in [1.165, 1.54) is 253 Å². The third-order valence-corrected chi connectivity index (χ3v) is 23.7. The summed E-state index contributed by atoms with van der Waals surface area (Å²) < 4.78 is 18.1. The molecule has 0 aliphatic heterocycles. The molecule has 0 aliphatic carbocycles. The van der Waals surface area contributed by atoms with Crippen LogP contribution in [-0.4, -0.2) is 19.8 Å². The van der Waals surface area contributed by atoms with Crippen LogP contribution in [0.3, 0.4) is 0 Å². The summed E-state index contributed by atoms with van der Waals surface area (Å²) in [5, 5.41) is 39.7. The SMILES string of the molecule is CCCCCCOc1ccc(-c2cc3cc4ccccc4c4c5ccccc5c5cccc2c5c34)cc1.CCCCCCOc1ccc(-c2cc3cc4ccccc4c4ccc5c6ccccc6cc2c5c34)cc1.CCCCCCOc1ccc(-c2cc3cc4ccccc4c4ccc5cc6ccccc6c2c5c34)cc1. The molecule has 0 aliphatic rings. The van der Waals surface area contributed by atoms with E-state index in [4.69, 9.17) is 14.2 Å². The quantitative estimate of drug-likeness (QED) is 0.0408. The second-order valence-corrected chi connectivity index (χ2v) is 30.7. The summed E-state index contributed by atoms with van der Waals surface area (Å²) in [6, 6.07) is 114. The van der Waals surface area contributed by atoms with Crippen molar-refractivity contribution in [3.63, 3.8) is 0 Å². The van der Waals surface area contributed by atoms with E-state index in [1.807, 2.05) is 0 Å². The van der Waals surface area contributed by atoms with Crippen molar-refractivity contribution in [1.29, 1.82) is 0 Å². The van der Waals surface area contributed by atoms with Gasteiger partial charge in [-0.2, -0.15) is 0 Å². The first-order valence-electron chi connectivity index (χ1n) is 40.7. The molecule has 21 aromatic carbocycles. The van der Waals surface area contributed by atoms with Crippen molar-refractivity contribution < 1.29 is 14.2 Å². The van der Waals surface area contributed by atoms with E-state index in [9.17, 15) is 0 Å².